The Balaban J connectivity index is 1.44. The number of hydroxylamine groups is 1. The second-order valence-corrected chi connectivity index (χ2v) is 7.95. The molecule has 1 spiro atoms. The molecular weight excluding hydrogens is 366 g/mol. The number of hydrogen-bond acceptors (Lipinski definition) is 4. The van der Waals surface area contributed by atoms with Crippen molar-refractivity contribution in [2.75, 3.05) is 11.6 Å². The van der Waals surface area contributed by atoms with Gasteiger partial charge in [-0.1, -0.05) is 24.3 Å². The van der Waals surface area contributed by atoms with Crippen molar-refractivity contribution >= 4 is 28.4 Å². The molecule has 2 N–H and O–H groups in total. The van der Waals surface area contributed by atoms with Crippen molar-refractivity contribution in [3.05, 3.63) is 71.4 Å². The van der Waals surface area contributed by atoms with Gasteiger partial charge in [0, 0.05) is 17.5 Å². The van der Waals surface area contributed by atoms with Crippen molar-refractivity contribution in [2.24, 2.45) is 5.41 Å². The van der Waals surface area contributed by atoms with Gasteiger partial charge in [0.15, 0.2) is 0 Å². The van der Waals surface area contributed by atoms with Gasteiger partial charge in [0.2, 0.25) is 5.91 Å². The fourth-order valence-corrected chi connectivity index (χ4v) is 4.53. The van der Waals surface area contributed by atoms with Gasteiger partial charge in [-0.2, -0.15) is 5.06 Å². The number of nitrogens with one attached hydrogen (secondary N) is 1. The lowest BCUT2D eigenvalue weighted by Gasteiger charge is -2.32. The molecule has 1 aromatic heterocycles. The molecule has 0 unspecified atom stereocenters. The van der Waals surface area contributed by atoms with Gasteiger partial charge in [-0.05, 0) is 61.1 Å². The molecule has 0 saturated carbocycles. The van der Waals surface area contributed by atoms with Crippen LogP contribution in [0.3, 0.4) is 0 Å². The lowest BCUT2D eigenvalue weighted by Crippen LogP contribution is -2.36. The van der Waals surface area contributed by atoms with Gasteiger partial charge in [0.1, 0.15) is 0 Å². The summed E-state index contributed by atoms with van der Waals surface area (Å²) < 4.78 is 0. The average molecular weight is 387 g/mol. The first-order valence-electron chi connectivity index (χ1n) is 9.84. The molecule has 6 nitrogen and oxygen atoms in total. The van der Waals surface area contributed by atoms with E-state index in [4.69, 9.17) is 0 Å². The maximum absolute atomic E-state index is 12.9. The van der Waals surface area contributed by atoms with Crippen LogP contribution in [-0.2, 0) is 17.6 Å². The van der Waals surface area contributed by atoms with Gasteiger partial charge in [-0.15, -0.1) is 0 Å². The third-order valence-corrected chi connectivity index (χ3v) is 6.24. The van der Waals surface area contributed by atoms with Crippen molar-refractivity contribution in [3.8, 4) is 0 Å². The first kappa shape index (κ1) is 17.8. The lowest BCUT2D eigenvalue weighted by atomic mass is 9.70. The zero-order chi connectivity index (χ0) is 20.0. The fourth-order valence-electron chi connectivity index (χ4n) is 4.53. The Hall–Kier alpha value is -3.25. The number of pyridine rings is 1. The molecule has 146 valence electrons. The van der Waals surface area contributed by atoms with Gasteiger partial charge >= 0.3 is 0 Å². The Bertz CT molecular complexity index is 1140. The molecule has 1 saturated heterocycles. The number of aromatic nitrogens is 1. The maximum atomic E-state index is 12.9. The topological polar surface area (TPSA) is 82.5 Å². The number of anilines is 1. The molecule has 2 heterocycles. The summed E-state index contributed by atoms with van der Waals surface area (Å²) >= 11 is 0. The highest BCUT2D eigenvalue weighted by molar-refractivity contribution is 6.05. The van der Waals surface area contributed by atoms with Crippen LogP contribution in [0.1, 0.15) is 34.3 Å². The number of rotatable bonds is 2. The second kappa shape index (κ2) is 6.67. The van der Waals surface area contributed by atoms with E-state index < -0.39 is 5.91 Å². The summed E-state index contributed by atoms with van der Waals surface area (Å²) in [5, 5.41) is 15.0. The highest BCUT2D eigenvalue weighted by Gasteiger charge is 2.44. The van der Waals surface area contributed by atoms with E-state index in [0.29, 0.717) is 29.3 Å². The molecule has 1 aliphatic heterocycles. The summed E-state index contributed by atoms with van der Waals surface area (Å²) in [6.45, 7) is 0.714. The number of aryl methyl sites for hydroxylation is 1. The summed E-state index contributed by atoms with van der Waals surface area (Å²) in [6, 6.07) is 14.8. The molecular formula is C23H21N3O3. The van der Waals surface area contributed by atoms with Crippen molar-refractivity contribution in [2.45, 2.75) is 25.7 Å². The van der Waals surface area contributed by atoms with Crippen LogP contribution < -0.4 is 10.4 Å². The van der Waals surface area contributed by atoms with Crippen LogP contribution in [0.2, 0.25) is 0 Å². The van der Waals surface area contributed by atoms with Crippen molar-refractivity contribution < 1.29 is 14.8 Å². The van der Waals surface area contributed by atoms with Crippen LogP contribution in [-0.4, -0.2) is 28.6 Å². The van der Waals surface area contributed by atoms with Crippen molar-refractivity contribution in [1.82, 2.24) is 10.3 Å². The van der Waals surface area contributed by atoms with Gasteiger partial charge in [0.25, 0.3) is 5.91 Å². The van der Waals surface area contributed by atoms with E-state index in [0.717, 1.165) is 35.7 Å². The lowest BCUT2D eigenvalue weighted by molar-refractivity contribution is -0.128. The van der Waals surface area contributed by atoms with Gasteiger partial charge in [-0.25, -0.2) is 0 Å². The third kappa shape index (κ3) is 2.96. The molecule has 1 aliphatic carbocycles. The molecule has 2 aromatic carbocycles. The molecule has 2 aliphatic rings. The number of carbonyl (C=O) groups excluding carboxylic acids is 2. The highest BCUT2D eigenvalue weighted by Crippen LogP contribution is 2.41. The Morgan fingerprint density at radius 2 is 1.97 bits per heavy atom. The quantitative estimate of drug-likeness (QED) is 0.522. The van der Waals surface area contributed by atoms with Gasteiger partial charge in [0.05, 0.1) is 22.8 Å². The maximum Gasteiger partial charge on any atom is 0.282 e. The second-order valence-electron chi connectivity index (χ2n) is 7.95. The summed E-state index contributed by atoms with van der Waals surface area (Å²) in [5.74, 6) is -0.397. The van der Waals surface area contributed by atoms with Crippen molar-refractivity contribution in [1.29, 1.82) is 0 Å². The smallest absolute Gasteiger partial charge is 0.282 e. The standard InChI is InChI=1S/C23H21N3O3/c27-21(26(29)19-12-16-3-1-2-4-20(16)25-14-19)17-6-5-15-7-8-23(13-18(15)11-17)9-10-24-22(23)28/h1-6,11-12,14,29H,7-10,13H2,(H,24,28)/t23-/m0/s1. The van der Waals surface area contributed by atoms with E-state index in [1.165, 1.54) is 11.8 Å². The summed E-state index contributed by atoms with van der Waals surface area (Å²) in [6.07, 6.45) is 4.62. The highest BCUT2D eigenvalue weighted by atomic mass is 16.5. The zero-order valence-corrected chi connectivity index (χ0v) is 15.9. The zero-order valence-electron chi connectivity index (χ0n) is 15.9. The first-order valence-corrected chi connectivity index (χ1v) is 9.84. The van der Waals surface area contributed by atoms with Crippen LogP contribution >= 0.6 is 0 Å². The van der Waals surface area contributed by atoms with Gasteiger partial charge in [-0.3, -0.25) is 19.8 Å². The number of nitrogens with zero attached hydrogens (tertiary/aromatic N) is 2. The summed E-state index contributed by atoms with van der Waals surface area (Å²) in [4.78, 5) is 29.6. The first-order chi connectivity index (χ1) is 14.1. The number of amides is 2. The molecule has 29 heavy (non-hydrogen) atoms. The number of benzene rings is 2. The Labute approximate surface area is 168 Å². The van der Waals surface area contributed by atoms with Crippen LogP contribution in [0.15, 0.2) is 54.7 Å². The molecule has 0 bridgehead atoms. The number of carbonyl (C=O) groups is 2. The SMILES string of the molecule is O=C(c1ccc2c(c1)C[C@@]1(CCNC1=O)CC2)N(O)c1cnc2ccccc2c1. The van der Waals surface area contributed by atoms with E-state index in [-0.39, 0.29) is 11.3 Å². The minimum atomic E-state index is -0.514. The van der Waals surface area contributed by atoms with Crippen LogP contribution in [0.4, 0.5) is 5.69 Å². The number of hydrogen-bond donors (Lipinski definition) is 2. The van der Waals surface area contributed by atoms with Gasteiger partial charge < -0.3 is 5.32 Å². The Kier molecular flexibility index (Phi) is 4.10. The molecule has 5 rings (SSSR count). The predicted molar refractivity (Wildman–Crippen MR) is 109 cm³/mol. The normalized spacial score (nSPS) is 20.5. The summed E-state index contributed by atoms with van der Waals surface area (Å²) in [5.41, 5.74) is 3.35. The Morgan fingerprint density at radius 1 is 1.10 bits per heavy atom. The Morgan fingerprint density at radius 3 is 2.79 bits per heavy atom. The molecule has 6 heteroatoms. The van der Waals surface area contributed by atoms with E-state index >= 15 is 0 Å². The predicted octanol–water partition coefficient (Wildman–Crippen LogP) is 3.27. The van der Waals surface area contributed by atoms with E-state index in [1.54, 1.807) is 12.1 Å². The molecule has 1 fully saturated rings. The monoisotopic (exact) mass is 387 g/mol. The summed E-state index contributed by atoms with van der Waals surface area (Å²) in [7, 11) is 0. The minimum absolute atomic E-state index is 0.117. The largest absolute Gasteiger partial charge is 0.356 e. The van der Waals surface area contributed by atoms with Crippen molar-refractivity contribution in [3.63, 3.8) is 0 Å². The van der Waals surface area contributed by atoms with E-state index in [9.17, 15) is 14.8 Å². The van der Waals surface area contributed by atoms with E-state index in [2.05, 4.69) is 10.3 Å². The average Bonchev–Trinajstić information content (AvgIpc) is 3.11. The van der Waals surface area contributed by atoms with Crippen LogP contribution in [0.25, 0.3) is 10.9 Å². The molecule has 0 radical (unpaired) electrons. The minimum Gasteiger partial charge on any atom is -0.356 e. The van der Waals surface area contributed by atoms with Crippen LogP contribution in [0, 0.1) is 5.41 Å². The van der Waals surface area contributed by atoms with E-state index in [1.807, 2.05) is 36.4 Å². The molecule has 1 atom stereocenters. The number of para-hydroxylation sites is 1. The fraction of sp³-hybridized carbons (Fsp3) is 0.261. The molecule has 3 aromatic rings. The molecule has 2 amide bonds. The number of fused-ring (bicyclic) bond motifs is 2. The third-order valence-electron chi connectivity index (χ3n) is 6.24. The van der Waals surface area contributed by atoms with Crippen LogP contribution in [0.5, 0.6) is 0 Å².